The number of carbonyl (C=O) groups is 1. The van der Waals surface area contributed by atoms with Crippen LogP contribution >= 0.6 is 11.3 Å². The number of sulfonamides is 1. The molecule has 0 unspecified atom stereocenters. The van der Waals surface area contributed by atoms with Gasteiger partial charge in [0.05, 0.1) is 17.9 Å². The molecule has 0 radical (unpaired) electrons. The van der Waals surface area contributed by atoms with Crippen LogP contribution < -0.4 is 5.32 Å². The summed E-state index contributed by atoms with van der Waals surface area (Å²) in [6, 6.07) is 0. The van der Waals surface area contributed by atoms with Gasteiger partial charge in [0.2, 0.25) is 10.0 Å². The van der Waals surface area contributed by atoms with Gasteiger partial charge in [0, 0.05) is 20.6 Å². The summed E-state index contributed by atoms with van der Waals surface area (Å²) < 4.78 is 29.1. The van der Waals surface area contributed by atoms with Crippen molar-refractivity contribution < 1.29 is 17.9 Å². The Hall–Kier alpha value is -1.19. The van der Waals surface area contributed by atoms with Gasteiger partial charge in [-0.25, -0.2) is 22.5 Å². The second kappa shape index (κ2) is 6.83. The predicted octanol–water partition coefficient (Wildman–Crippen LogP) is 0.623. The molecule has 0 fully saturated rings. The summed E-state index contributed by atoms with van der Waals surface area (Å²) in [5, 5.41) is 3.41. The molecule has 0 spiro atoms. The molecular formula is C10H17N3O4S2. The van der Waals surface area contributed by atoms with Crippen molar-refractivity contribution in [2.45, 2.75) is 6.92 Å². The molecule has 1 N–H and O–H groups in total. The highest BCUT2D eigenvalue weighted by Gasteiger charge is 2.17. The van der Waals surface area contributed by atoms with E-state index in [4.69, 9.17) is 4.74 Å². The summed E-state index contributed by atoms with van der Waals surface area (Å²) in [5.41, 5.74) is 1.70. The van der Waals surface area contributed by atoms with Crippen LogP contribution in [0, 0.1) is 0 Å². The van der Waals surface area contributed by atoms with Crippen molar-refractivity contribution in [1.82, 2.24) is 9.29 Å². The minimum Gasteiger partial charge on any atom is -0.461 e. The normalized spacial score (nSPS) is 11.6. The number of esters is 1. The molecule has 0 aromatic carbocycles. The summed E-state index contributed by atoms with van der Waals surface area (Å²) >= 11 is 1.23. The Labute approximate surface area is 116 Å². The average Bonchev–Trinajstić information content (AvgIpc) is 2.77. The van der Waals surface area contributed by atoms with Crippen LogP contribution in [-0.2, 0) is 14.8 Å². The molecule has 0 amide bonds. The average molecular weight is 307 g/mol. The molecule has 9 heteroatoms. The Balaban J connectivity index is 2.60. The van der Waals surface area contributed by atoms with Gasteiger partial charge in [-0.05, 0) is 6.92 Å². The fraction of sp³-hybridized carbons (Fsp3) is 0.600. The zero-order valence-electron chi connectivity index (χ0n) is 11.0. The first-order valence-corrected chi connectivity index (χ1v) is 8.12. The molecule has 0 saturated heterocycles. The van der Waals surface area contributed by atoms with Crippen LogP contribution in [0.15, 0.2) is 5.51 Å². The lowest BCUT2D eigenvalue weighted by Crippen LogP contribution is -2.28. The van der Waals surface area contributed by atoms with Gasteiger partial charge < -0.3 is 10.1 Å². The number of carbonyl (C=O) groups excluding carboxylic acids is 1. The van der Waals surface area contributed by atoms with Crippen molar-refractivity contribution in [1.29, 1.82) is 0 Å². The molecule has 108 valence electrons. The molecule has 1 rings (SSSR count). The number of hydrogen-bond acceptors (Lipinski definition) is 7. The molecule has 19 heavy (non-hydrogen) atoms. The highest BCUT2D eigenvalue weighted by molar-refractivity contribution is 7.89. The first-order valence-electron chi connectivity index (χ1n) is 5.63. The molecular weight excluding hydrogens is 290 g/mol. The molecule has 1 heterocycles. The van der Waals surface area contributed by atoms with Crippen molar-refractivity contribution in [3.63, 3.8) is 0 Å². The number of thiazole rings is 1. The molecule has 1 aromatic heterocycles. The van der Waals surface area contributed by atoms with E-state index in [9.17, 15) is 13.2 Å². The highest BCUT2D eigenvalue weighted by Crippen LogP contribution is 2.20. The van der Waals surface area contributed by atoms with E-state index in [0.717, 1.165) is 4.31 Å². The Morgan fingerprint density at radius 2 is 2.21 bits per heavy atom. The van der Waals surface area contributed by atoms with Gasteiger partial charge in [-0.3, -0.25) is 0 Å². The number of ether oxygens (including phenoxy) is 1. The smallest absolute Gasteiger partial charge is 0.360 e. The Bertz CT molecular complexity index is 525. The van der Waals surface area contributed by atoms with Crippen molar-refractivity contribution in [2.75, 3.05) is 38.3 Å². The predicted molar refractivity (Wildman–Crippen MR) is 74.0 cm³/mol. The quantitative estimate of drug-likeness (QED) is 0.743. The molecule has 0 saturated carbocycles. The van der Waals surface area contributed by atoms with Crippen LogP contribution in [0.3, 0.4) is 0 Å². The maximum Gasteiger partial charge on any atom is 0.360 e. The van der Waals surface area contributed by atoms with Gasteiger partial charge in [-0.15, -0.1) is 11.3 Å². The number of rotatable bonds is 7. The number of nitrogens with one attached hydrogen (secondary N) is 1. The third kappa shape index (κ3) is 4.44. The fourth-order valence-electron chi connectivity index (χ4n) is 1.19. The third-order valence-electron chi connectivity index (χ3n) is 2.24. The summed E-state index contributed by atoms with van der Waals surface area (Å²) in [4.78, 5) is 15.5. The van der Waals surface area contributed by atoms with Gasteiger partial charge in [-0.1, -0.05) is 0 Å². The van der Waals surface area contributed by atoms with E-state index in [0.29, 0.717) is 5.00 Å². The van der Waals surface area contributed by atoms with Gasteiger partial charge in [0.1, 0.15) is 5.00 Å². The Morgan fingerprint density at radius 1 is 1.53 bits per heavy atom. The van der Waals surface area contributed by atoms with Gasteiger partial charge in [-0.2, -0.15) is 0 Å². The standard InChI is InChI=1S/C10H17N3O4S2/c1-4-17-10(14)8-9(18-7-12-8)11-5-6-19(15,16)13(2)3/h7,11H,4-6H2,1-3H3. The number of anilines is 1. The molecule has 0 aliphatic heterocycles. The maximum absolute atomic E-state index is 11.6. The minimum absolute atomic E-state index is 0.0554. The van der Waals surface area contributed by atoms with E-state index in [1.807, 2.05) is 0 Å². The van der Waals surface area contributed by atoms with E-state index in [1.54, 1.807) is 6.92 Å². The first-order chi connectivity index (χ1) is 8.88. The summed E-state index contributed by atoms with van der Waals surface area (Å²) in [5.74, 6) is -0.568. The van der Waals surface area contributed by atoms with E-state index in [1.165, 1.54) is 30.9 Å². The number of hydrogen-bond donors (Lipinski definition) is 1. The van der Waals surface area contributed by atoms with E-state index in [-0.39, 0.29) is 24.6 Å². The lowest BCUT2D eigenvalue weighted by atomic mass is 10.4. The third-order valence-corrected chi connectivity index (χ3v) is 4.86. The monoisotopic (exact) mass is 307 g/mol. The zero-order valence-corrected chi connectivity index (χ0v) is 12.7. The van der Waals surface area contributed by atoms with Gasteiger partial charge >= 0.3 is 5.97 Å². The zero-order chi connectivity index (χ0) is 14.5. The SMILES string of the molecule is CCOC(=O)c1ncsc1NCCS(=O)(=O)N(C)C. The second-order valence-corrected chi connectivity index (χ2v) is 6.93. The van der Waals surface area contributed by atoms with Crippen LogP contribution in [0.2, 0.25) is 0 Å². The lowest BCUT2D eigenvalue weighted by Gasteiger charge is -2.11. The van der Waals surface area contributed by atoms with Crippen molar-refractivity contribution in [3.8, 4) is 0 Å². The first kappa shape index (κ1) is 15.9. The maximum atomic E-state index is 11.6. The fourth-order valence-corrected chi connectivity index (χ4v) is 2.61. The number of nitrogens with zero attached hydrogens (tertiary/aromatic N) is 2. The van der Waals surface area contributed by atoms with E-state index >= 15 is 0 Å². The van der Waals surface area contributed by atoms with Crippen LogP contribution in [0.4, 0.5) is 5.00 Å². The second-order valence-electron chi connectivity index (χ2n) is 3.78. The van der Waals surface area contributed by atoms with Crippen LogP contribution in [0.5, 0.6) is 0 Å². The largest absolute Gasteiger partial charge is 0.461 e. The van der Waals surface area contributed by atoms with Gasteiger partial charge in [0.25, 0.3) is 0 Å². The molecule has 0 bridgehead atoms. The molecule has 0 atom stereocenters. The van der Waals surface area contributed by atoms with E-state index in [2.05, 4.69) is 10.3 Å². The Morgan fingerprint density at radius 3 is 2.79 bits per heavy atom. The minimum atomic E-state index is -3.26. The van der Waals surface area contributed by atoms with Gasteiger partial charge in [0.15, 0.2) is 5.69 Å². The molecule has 7 nitrogen and oxygen atoms in total. The van der Waals surface area contributed by atoms with Crippen LogP contribution in [0.25, 0.3) is 0 Å². The topological polar surface area (TPSA) is 88.6 Å². The molecule has 0 aliphatic rings. The van der Waals surface area contributed by atoms with Crippen molar-refractivity contribution in [3.05, 3.63) is 11.2 Å². The summed E-state index contributed by atoms with van der Waals surface area (Å²) in [7, 11) is -0.299. The van der Waals surface area contributed by atoms with Crippen molar-refractivity contribution >= 4 is 32.3 Å². The highest BCUT2D eigenvalue weighted by atomic mass is 32.2. The molecule has 0 aliphatic carbocycles. The van der Waals surface area contributed by atoms with Crippen LogP contribution in [0.1, 0.15) is 17.4 Å². The molecule has 1 aromatic rings. The van der Waals surface area contributed by atoms with Crippen molar-refractivity contribution in [2.24, 2.45) is 0 Å². The van der Waals surface area contributed by atoms with E-state index < -0.39 is 16.0 Å². The lowest BCUT2D eigenvalue weighted by molar-refractivity contribution is 0.0521. The number of aromatic nitrogens is 1. The summed E-state index contributed by atoms with van der Waals surface area (Å²) in [6.07, 6.45) is 0. The van der Waals surface area contributed by atoms with Crippen LogP contribution in [-0.4, -0.2) is 56.7 Å². The summed E-state index contributed by atoms with van der Waals surface area (Å²) in [6.45, 7) is 2.18. The Kier molecular flexibility index (Phi) is 5.70.